The molecule has 4 rings (SSSR count). The maximum atomic E-state index is 13.3. The third-order valence-corrected chi connectivity index (χ3v) is 6.84. The normalized spacial score (nSPS) is 14.6. The summed E-state index contributed by atoms with van der Waals surface area (Å²) in [6.07, 6.45) is 0. The van der Waals surface area contributed by atoms with E-state index in [0.29, 0.717) is 46.9 Å². The van der Waals surface area contributed by atoms with Gasteiger partial charge in [0, 0.05) is 60.0 Å². The van der Waals surface area contributed by atoms with Crippen molar-refractivity contribution < 1.29 is 13.9 Å². The summed E-state index contributed by atoms with van der Waals surface area (Å²) < 4.78 is 18.9. The standard InChI is InChI=1S/C23H21Cl2FN2O2S/c24-20-5-2-6-21(25)19(20)13-27-7-9-28(10-8-27)23(29)22-11-16(15-31-22)14-30-18-4-1-3-17(26)12-18/h1-6,11-12,15H,7-10,13-14H2. The summed E-state index contributed by atoms with van der Waals surface area (Å²) in [4.78, 5) is 17.7. The smallest absolute Gasteiger partial charge is 0.264 e. The van der Waals surface area contributed by atoms with Crippen LogP contribution in [0.1, 0.15) is 20.8 Å². The molecule has 0 saturated carbocycles. The van der Waals surface area contributed by atoms with E-state index >= 15 is 0 Å². The average molecular weight is 479 g/mol. The fourth-order valence-corrected chi connectivity index (χ4v) is 4.84. The number of nitrogens with zero attached hydrogens (tertiary/aromatic N) is 2. The Morgan fingerprint density at radius 2 is 1.74 bits per heavy atom. The van der Waals surface area contributed by atoms with Crippen LogP contribution in [0.3, 0.4) is 0 Å². The first-order chi connectivity index (χ1) is 15.0. The molecule has 3 aromatic rings. The molecule has 0 spiro atoms. The minimum absolute atomic E-state index is 0.0254. The van der Waals surface area contributed by atoms with Crippen molar-refractivity contribution in [2.45, 2.75) is 13.2 Å². The van der Waals surface area contributed by atoms with Gasteiger partial charge in [-0.2, -0.15) is 0 Å². The van der Waals surface area contributed by atoms with Crippen molar-refractivity contribution in [3.63, 3.8) is 0 Å². The van der Waals surface area contributed by atoms with Gasteiger partial charge in [-0.3, -0.25) is 9.69 Å². The highest BCUT2D eigenvalue weighted by Crippen LogP contribution is 2.26. The van der Waals surface area contributed by atoms with Crippen LogP contribution in [0.4, 0.5) is 4.39 Å². The molecular formula is C23H21Cl2FN2O2S. The molecular weight excluding hydrogens is 458 g/mol. The number of carbonyl (C=O) groups excluding carboxylic acids is 1. The van der Waals surface area contributed by atoms with E-state index in [1.165, 1.54) is 23.5 Å². The molecule has 1 aliphatic rings. The van der Waals surface area contributed by atoms with Crippen LogP contribution >= 0.6 is 34.5 Å². The van der Waals surface area contributed by atoms with Crippen LogP contribution in [0, 0.1) is 5.82 Å². The lowest BCUT2D eigenvalue weighted by molar-refractivity contribution is 0.0633. The van der Waals surface area contributed by atoms with Gasteiger partial charge >= 0.3 is 0 Å². The Labute approximate surface area is 194 Å². The van der Waals surface area contributed by atoms with E-state index in [2.05, 4.69) is 4.90 Å². The van der Waals surface area contributed by atoms with Gasteiger partial charge in [-0.05, 0) is 35.7 Å². The largest absolute Gasteiger partial charge is 0.489 e. The van der Waals surface area contributed by atoms with Crippen molar-refractivity contribution in [3.05, 3.63) is 85.8 Å². The summed E-state index contributed by atoms with van der Waals surface area (Å²) in [5, 5.41) is 3.23. The average Bonchev–Trinajstić information content (AvgIpc) is 3.24. The lowest BCUT2D eigenvalue weighted by atomic mass is 10.2. The Balaban J connectivity index is 1.30. The summed E-state index contributed by atoms with van der Waals surface area (Å²) in [5.41, 5.74) is 1.82. The number of hydrogen-bond donors (Lipinski definition) is 0. The highest BCUT2D eigenvalue weighted by Gasteiger charge is 2.24. The fraction of sp³-hybridized carbons (Fsp3) is 0.261. The number of rotatable bonds is 6. The Morgan fingerprint density at radius 3 is 2.45 bits per heavy atom. The van der Waals surface area contributed by atoms with Crippen LogP contribution in [-0.4, -0.2) is 41.9 Å². The molecule has 1 saturated heterocycles. The number of hydrogen-bond acceptors (Lipinski definition) is 4. The molecule has 8 heteroatoms. The van der Waals surface area contributed by atoms with Crippen molar-refractivity contribution in [1.29, 1.82) is 0 Å². The van der Waals surface area contributed by atoms with Gasteiger partial charge in [0.1, 0.15) is 18.2 Å². The van der Waals surface area contributed by atoms with Gasteiger partial charge < -0.3 is 9.64 Å². The molecule has 162 valence electrons. The Bertz CT molecular complexity index is 1050. The zero-order valence-electron chi connectivity index (χ0n) is 16.7. The minimum atomic E-state index is -0.338. The van der Waals surface area contributed by atoms with Gasteiger partial charge in [0.05, 0.1) is 4.88 Å². The number of amides is 1. The summed E-state index contributed by atoms with van der Waals surface area (Å²) in [5.74, 6) is 0.154. The maximum absolute atomic E-state index is 13.3. The highest BCUT2D eigenvalue weighted by atomic mass is 35.5. The predicted molar refractivity (Wildman–Crippen MR) is 123 cm³/mol. The molecule has 31 heavy (non-hydrogen) atoms. The molecule has 0 atom stereocenters. The second-order valence-corrected chi connectivity index (χ2v) is 9.06. The Morgan fingerprint density at radius 1 is 1.03 bits per heavy atom. The number of thiophene rings is 1. The minimum Gasteiger partial charge on any atom is -0.489 e. The molecule has 0 aliphatic carbocycles. The summed E-state index contributed by atoms with van der Waals surface area (Å²) in [6.45, 7) is 3.77. The van der Waals surface area contributed by atoms with Crippen LogP contribution in [0.2, 0.25) is 10.0 Å². The molecule has 0 N–H and O–H groups in total. The first-order valence-electron chi connectivity index (χ1n) is 9.90. The van der Waals surface area contributed by atoms with Gasteiger partial charge in [-0.15, -0.1) is 11.3 Å². The van der Waals surface area contributed by atoms with Gasteiger partial charge in [0.2, 0.25) is 0 Å². The summed E-state index contributed by atoms with van der Waals surface area (Å²) in [6, 6.07) is 13.4. The Hall–Kier alpha value is -2.12. The van der Waals surface area contributed by atoms with Crippen molar-refractivity contribution in [2.24, 2.45) is 0 Å². The van der Waals surface area contributed by atoms with Crippen LogP contribution in [0.25, 0.3) is 0 Å². The topological polar surface area (TPSA) is 32.8 Å². The van der Waals surface area contributed by atoms with Gasteiger partial charge in [-0.1, -0.05) is 35.3 Å². The van der Waals surface area contributed by atoms with Crippen molar-refractivity contribution in [1.82, 2.24) is 9.80 Å². The van der Waals surface area contributed by atoms with Crippen LogP contribution in [-0.2, 0) is 13.2 Å². The summed E-state index contributed by atoms with van der Waals surface area (Å²) >= 11 is 14.0. The molecule has 2 heterocycles. The molecule has 0 radical (unpaired) electrons. The lowest BCUT2D eigenvalue weighted by Crippen LogP contribution is -2.48. The molecule has 1 fully saturated rings. The van der Waals surface area contributed by atoms with Crippen LogP contribution in [0.5, 0.6) is 5.75 Å². The second-order valence-electron chi connectivity index (χ2n) is 7.33. The maximum Gasteiger partial charge on any atom is 0.264 e. The van der Waals surface area contributed by atoms with E-state index < -0.39 is 0 Å². The quantitative estimate of drug-likeness (QED) is 0.453. The van der Waals surface area contributed by atoms with Crippen molar-refractivity contribution in [2.75, 3.05) is 26.2 Å². The molecule has 0 bridgehead atoms. The number of piperazine rings is 1. The molecule has 4 nitrogen and oxygen atoms in total. The number of ether oxygens (including phenoxy) is 1. The van der Waals surface area contributed by atoms with Gasteiger partial charge in [0.25, 0.3) is 5.91 Å². The molecule has 0 unspecified atom stereocenters. The SMILES string of the molecule is O=C(c1cc(COc2cccc(F)c2)cs1)N1CCN(Cc2c(Cl)cccc2Cl)CC1. The van der Waals surface area contributed by atoms with Crippen LogP contribution < -0.4 is 4.74 Å². The number of benzene rings is 2. The third-order valence-electron chi connectivity index (χ3n) is 5.17. The number of carbonyl (C=O) groups is 1. The van der Waals surface area contributed by atoms with Crippen molar-refractivity contribution in [3.8, 4) is 5.75 Å². The zero-order chi connectivity index (χ0) is 21.8. The predicted octanol–water partition coefficient (Wildman–Crippen LogP) is 5.73. The van der Waals surface area contributed by atoms with Crippen molar-refractivity contribution >= 4 is 40.4 Å². The van der Waals surface area contributed by atoms with Gasteiger partial charge in [0.15, 0.2) is 0 Å². The number of halogens is 3. The van der Waals surface area contributed by atoms with E-state index in [4.69, 9.17) is 27.9 Å². The second kappa shape index (κ2) is 10.0. The van der Waals surface area contributed by atoms with Gasteiger partial charge in [-0.25, -0.2) is 4.39 Å². The lowest BCUT2D eigenvalue weighted by Gasteiger charge is -2.34. The molecule has 1 aliphatic heterocycles. The third kappa shape index (κ3) is 5.57. The Kier molecular flexibility index (Phi) is 7.13. The molecule has 1 amide bonds. The first-order valence-corrected chi connectivity index (χ1v) is 11.5. The van der Waals surface area contributed by atoms with Crippen LogP contribution in [0.15, 0.2) is 53.9 Å². The molecule has 2 aromatic carbocycles. The van der Waals surface area contributed by atoms with E-state index in [1.54, 1.807) is 12.1 Å². The van der Waals surface area contributed by atoms with E-state index in [-0.39, 0.29) is 11.7 Å². The van der Waals surface area contributed by atoms with E-state index in [9.17, 15) is 9.18 Å². The molecule has 1 aromatic heterocycles. The zero-order valence-corrected chi connectivity index (χ0v) is 19.0. The highest BCUT2D eigenvalue weighted by molar-refractivity contribution is 7.12. The van der Waals surface area contributed by atoms with E-state index in [1.807, 2.05) is 34.5 Å². The summed E-state index contributed by atoms with van der Waals surface area (Å²) in [7, 11) is 0. The van der Waals surface area contributed by atoms with E-state index in [0.717, 1.165) is 24.2 Å². The fourth-order valence-electron chi connectivity index (χ4n) is 3.46. The first kappa shape index (κ1) is 22.1. The monoisotopic (exact) mass is 478 g/mol.